The molecule has 1 aromatic rings. The monoisotopic (exact) mass is 401 g/mol. The third kappa shape index (κ3) is 14.1. The van der Waals surface area contributed by atoms with Crippen molar-refractivity contribution in [2.75, 3.05) is 0 Å². The molecule has 2 N–H and O–H groups in total. The van der Waals surface area contributed by atoms with Crippen LogP contribution in [0.3, 0.4) is 0 Å². The van der Waals surface area contributed by atoms with Crippen LogP contribution in [0.4, 0.5) is 0 Å². The Hall–Kier alpha value is -1.61. The van der Waals surface area contributed by atoms with Crippen molar-refractivity contribution in [3.05, 3.63) is 48.0 Å². The largest absolute Gasteiger partial charge is 0.387 e. The molecule has 1 amide bonds. The van der Waals surface area contributed by atoms with Gasteiger partial charge in [-0.25, -0.2) is 0 Å². The zero-order valence-electron chi connectivity index (χ0n) is 18.7. The average Bonchev–Trinajstić information content (AvgIpc) is 2.71. The molecule has 164 valence electrons. The van der Waals surface area contributed by atoms with Crippen molar-refractivity contribution < 1.29 is 9.90 Å². The van der Waals surface area contributed by atoms with Crippen LogP contribution in [0.15, 0.2) is 42.5 Å². The fourth-order valence-corrected chi connectivity index (χ4v) is 3.50. The van der Waals surface area contributed by atoms with E-state index in [0.717, 1.165) is 12.0 Å². The Kier molecular flexibility index (Phi) is 15.1. The van der Waals surface area contributed by atoms with E-state index in [1.54, 1.807) is 0 Å². The van der Waals surface area contributed by atoms with Gasteiger partial charge in [0, 0.05) is 0 Å². The standard InChI is InChI=1S/C26H43NO2/c1-3-4-5-6-7-8-9-10-11-12-13-14-18-21-25(28)23(2)27-26(29)22-24-19-16-15-17-20-24/h15-21,23,25,28H,3-14,22H2,1-2H3,(H,27,29)/b21-18+/t23-,25+/m0/s1. The fraction of sp³-hybridized carbons (Fsp3) is 0.654. The van der Waals surface area contributed by atoms with Crippen LogP contribution < -0.4 is 5.32 Å². The molecule has 3 nitrogen and oxygen atoms in total. The Balaban J connectivity index is 2.00. The number of allylic oxidation sites excluding steroid dienone is 1. The highest BCUT2D eigenvalue weighted by Crippen LogP contribution is 2.12. The van der Waals surface area contributed by atoms with E-state index in [9.17, 15) is 9.90 Å². The highest BCUT2D eigenvalue weighted by molar-refractivity contribution is 5.78. The third-order valence-electron chi connectivity index (χ3n) is 5.42. The van der Waals surface area contributed by atoms with Gasteiger partial charge in [0.2, 0.25) is 5.91 Å². The quantitative estimate of drug-likeness (QED) is 0.236. The predicted molar refractivity (Wildman–Crippen MR) is 124 cm³/mol. The molecule has 0 spiro atoms. The van der Waals surface area contributed by atoms with Crippen LogP contribution >= 0.6 is 0 Å². The molecule has 0 unspecified atom stereocenters. The molecule has 0 radical (unpaired) electrons. The number of carbonyl (C=O) groups is 1. The van der Waals surface area contributed by atoms with E-state index in [-0.39, 0.29) is 11.9 Å². The molecule has 29 heavy (non-hydrogen) atoms. The van der Waals surface area contributed by atoms with Gasteiger partial charge in [-0.1, -0.05) is 114 Å². The van der Waals surface area contributed by atoms with Crippen LogP contribution in [-0.4, -0.2) is 23.2 Å². The van der Waals surface area contributed by atoms with E-state index in [1.807, 2.05) is 43.3 Å². The lowest BCUT2D eigenvalue weighted by molar-refractivity contribution is -0.121. The Morgan fingerprint density at radius 2 is 1.48 bits per heavy atom. The summed E-state index contributed by atoms with van der Waals surface area (Å²) in [5, 5.41) is 13.1. The molecule has 0 heterocycles. The van der Waals surface area contributed by atoms with Gasteiger partial charge in [-0.15, -0.1) is 0 Å². The minimum absolute atomic E-state index is 0.0542. The fourth-order valence-electron chi connectivity index (χ4n) is 3.50. The summed E-state index contributed by atoms with van der Waals surface area (Å²) in [5.74, 6) is -0.0542. The third-order valence-corrected chi connectivity index (χ3v) is 5.42. The van der Waals surface area contributed by atoms with Gasteiger partial charge >= 0.3 is 0 Å². The number of hydrogen-bond acceptors (Lipinski definition) is 2. The summed E-state index contributed by atoms with van der Waals surface area (Å²) in [6.45, 7) is 4.11. The van der Waals surface area contributed by atoms with Crippen molar-refractivity contribution in [1.29, 1.82) is 0 Å². The molecule has 1 aromatic carbocycles. The van der Waals surface area contributed by atoms with Crippen LogP contribution in [0, 0.1) is 0 Å². The summed E-state index contributed by atoms with van der Waals surface area (Å²) in [6.07, 6.45) is 19.4. The lowest BCUT2D eigenvalue weighted by Gasteiger charge is -2.17. The van der Waals surface area contributed by atoms with Crippen molar-refractivity contribution in [2.45, 2.75) is 109 Å². The first-order chi connectivity index (χ1) is 14.1. The van der Waals surface area contributed by atoms with Gasteiger partial charge in [0.05, 0.1) is 18.6 Å². The number of aliphatic hydroxyl groups is 1. The first-order valence-corrected chi connectivity index (χ1v) is 11.8. The molecule has 0 aliphatic rings. The molecule has 0 aliphatic carbocycles. The van der Waals surface area contributed by atoms with E-state index >= 15 is 0 Å². The maximum Gasteiger partial charge on any atom is 0.224 e. The van der Waals surface area contributed by atoms with Crippen LogP contribution in [0.5, 0.6) is 0 Å². The summed E-state index contributed by atoms with van der Waals surface area (Å²) in [4.78, 5) is 12.1. The maximum absolute atomic E-state index is 12.1. The molecule has 1 rings (SSSR count). The number of unbranched alkanes of at least 4 members (excludes halogenated alkanes) is 11. The first kappa shape index (κ1) is 25.4. The summed E-state index contributed by atoms with van der Waals surface area (Å²) in [5.41, 5.74) is 0.985. The number of rotatable bonds is 17. The second kappa shape index (κ2) is 17.3. The van der Waals surface area contributed by atoms with E-state index in [2.05, 4.69) is 18.3 Å². The number of nitrogens with one attached hydrogen (secondary N) is 1. The Morgan fingerprint density at radius 1 is 0.931 bits per heavy atom. The molecule has 0 fully saturated rings. The van der Waals surface area contributed by atoms with Gasteiger partial charge in [-0.05, 0) is 25.3 Å². The van der Waals surface area contributed by atoms with Crippen LogP contribution in [0.25, 0.3) is 0 Å². The van der Waals surface area contributed by atoms with Crippen LogP contribution in [0.1, 0.15) is 96.5 Å². The maximum atomic E-state index is 12.1. The van der Waals surface area contributed by atoms with E-state index < -0.39 is 6.10 Å². The first-order valence-electron chi connectivity index (χ1n) is 11.8. The summed E-state index contributed by atoms with van der Waals surface area (Å²) in [6, 6.07) is 9.40. The van der Waals surface area contributed by atoms with Gasteiger partial charge in [-0.2, -0.15) is 0 Å². The van der Waals surface area contributed by atoms with Crippen molar-refractivity contribution in [1.82, 2.24) is 5.32 Å². The number of carbonyl (C=O) groups excluding carboxylic acids is 1. The number of benzene rings is 1. The summed E-state index contributed by atoms with van der Waals surface area (Å²) < 4.78 is 0. The van der Waals surface area contributed by atoms with Gasteiger partial charge in [0.25, 0.3) is 0 Å². The highest BCUT2D eigenvalue weighted by atomic mass is 16.3. The van der Waals surface area contributed by atoms with E-state index in [4.69, 9.17) is 0 Å². The van der Waals surface area contributed by atoms with Gasteiger partial charge in [-0.3, -0.25) is 4.79 Å². The minimum atomic E-state index is -0.637. The molecule has 0 bridgehead atoms. The highest BCUT2D eigenvalue weighted by Gasteiger charge is 2.14. The number of hydrogen-bond donors (Lipinski definition) is 2. The lowest BCUT2D eigenvalue weighted by Crippen LogP contribution is -2.41. The summed E-state index contributed by atoms with van der Waals surface area (Å²) in [7, 11) is 0. The van der Waals surface area contributed by atoms with Gasteiger partial charge in [0.1, 0.15) is 0 Å². The Morgan fingerprint density at radius 3 is 2.07 bits per heavy atom. The van der Waals surface area contributed by atoms with E-state index in [1.165, 1.54) is 70.6 Å². The summed E-state index contributed by atoms with van der Waals surface area (Å²) >= 11 is 0. The minimum Gasteiger partial charge on any atom is -0.387 e. The lowest BCUT2D eigenvalue weighted by atomic mass is 10.0. The topological polar surface area (TPSA) is 49.3 Å². The zero-order valence-corrected chi connectivity index (χ0v) is 18.7. The van der Waals surface area contributed by atoms with Gasteiger partial charge in [0.15, 0.2) is 0 Å². The molecule has 3 heteroatoms. The van der Waals surface area contributed by atoms with Crippen molar-refractivity contribution in [3.63, 3.8) is 0 Å². The van der Waals surface area contributed by atoms with Crippen molar-refractivity contribution >= 4 is 5.91 Å². The Labute approximate surface area is 179 Å². The van der Waals surface area contributed by atoms with Gasteiger partial charge < -0.3 is 10.4 Å². The number of amides is 1. The molecule has 0 saturated carbocycles. The molecule has 0 aromatic heterocycles. The van der Waals surface area contributed by atoms with E-state index in [0.29, 0.717) is 6.42 Å². The molecule has 0 saturated heterocycles. The zero-order chi connectivity index (χ0) is 21.2. The van der Waals surface area contributed by atoms with Crippen molar-refractivity contribution in [2.24, 2.45) is 0 Å². The number of aliphatic hydroxyl groups excluding tert-OH is 1. The molecular weight excluding hydrogens is 358 g/mol. The normalized spacial score (nSPS) is 13.5. The molecular formula is C26H43NO2. The second-order valence-corrected chi connectivity index (χ2v) is 8.26. The van der Waals surface area contributed by atoms with Crippen LogP contribution in [-0.2, 0) is 11.2 Å². The second-order valence-electron chi connectivity index (χ2n) is 8.26. The predicted octanol–water partition coefficient (Wildman–Crippen LogP) is 6.35. The Bertz CT molecular complexity index is 541. The molecule has 0 aliphatic heterocycles. The van der Waals surface area contributed by atoms with Crippen LogP contribution in [0.2, 0.25) is 0 Å². The van der Waals surface area contributed by atoms with Crippen molar-refractivity contribution in [3.8, 4) is 0 Å². The smallest absolute Gasteiger partial charge is 0.224 e. The molecule has 2 atom stereocenters. The average molecular weight is 402 g/mol. The SMILES string of the molecule is CCCCCCCCCCCCC/C=C/[C@@H](O)[C@H](C)NC(=O)Cc1ccccc1.